The summed E-state index contributed by atoms with van der Waals surface area (Å²) in [6, 6.07) is 2.00. The number of piperazine rings is 1. The maximum absolute atomic E-state index is 12.6. The third-order valence-corrected chi connectivity index (χ3v) is 6.16. The fraction of sp³-hybridized carbons (Fsp3) is 0.619. The summed E-state index contributed by atoms with van der Waals surface area (Å²) in [5.74, 6) is 3.73. The summed E-state index contributed by atoms with van der Waals surface area (Å²) in [6.07, 6.45) is 13.7. The molecule has 150 valence electrons. The van der Waals surface area contributed by atoms with Crippen molar-refractivity contribution in [3.05, 3.63) is 30.6 Å². The number of aryl methyl sites for hydroxylation is 1. The van der Waals surface area contributed by atoms with E-state index in [1.807, 2.05) is 28.7 Å². The Bertz CT molecular complexity index is 790. The minimum Gasteiger partial charge on any atom is -0.353 e. The van der Waals surface area contributed by atoms with E-state index in [4.69, 9.17) is 0 Å². The molecule has 0 radical (unpaired) electrons. The number of anilines is 1. The molecule has 0 aromatic carbocycles. The molecule has 0 bridgehead atoms. The molecule has 0 unspecified atom stereocenters. The molecule has 4 rings (SSSR count). The molecule has 1 saturated carbocycles. The molecule has 7 nitrogen and oxygen atoms in total. The number of carbonyl (C=O) groups excluding carboxylic acids is 1. The largest absolute Gasteiger partial charge is 0.353 e. The summed E-state index contributed by atoms with van der Waals surface area (Å²) >= 11 is 0. The lowest BCUT2D eigenvalue weighted by atomic mass is 9.86. The van der Waals surface area contributed by atoms with Crippen LogP contribution >= 0.6 is 0 Å². The van der Waals surface area contributed by atoms with Gasteiger partial charge in [0.25, 0.3) is 0 Å². The van der Waals surface area contributed by atoms with Gasteiger partial charge >= 0.3 is 0 Å². The number of aromatic nitrogens is 4. The van der Waals surface area contributed by atoms with E-state index in [0.29, 0.717) is 12.3 Å². The van der Waals surface area contributed by atoms with Crippen molar-refractivity contribution in [1.29, 1.82) is 0 Å². The first kappa shape index (κ1) is 18.9. The van der Waals surface area contributed by atoms with E-state index in [1.54, 1.807) is 12.5 Å². The predicted molar refractivity (Wildman–Crippen MR) is 108 cm³/mol. The second-order valence-corrected chi connectivity index (χ2v) is 7.99. The molecule has 0 atom stereocenters. The Morgan fingerprint density at radius 3 is 2.50 bits per heavy atom. The summed E-state index contributed by atoms with van der Waals surface area (Å²) in [5.41, 5.74) is 0. The van der Waals surface area contributed by atoms with Crippen molar-refractivity contribution < 1.29 is 4.79 Å². The number of carbonyl (C=O) groups is 1. The van der Waals surface area contributed by atoms with Crippen molar-refractivity contribution in [2.75, 3.05) is 31.1 Å². The number of nitrogens with zero attached hydrogens (tertiary/aromatic N) is 6. The zero-order valence-electron chi connectivity index (χ0n) is 16.8. The van der Waals surface area contributed by atoms with Crippen LogP contribution in [0.25, 0.3) is 5.82 Å². The smallest absolute Gasteiger partial charge is 0.222 e. The lowest BCUT2D eigenvalue weighted by molar-refractivity contribution is -0.131. The highest BCUT2D eigenvalue weighted by atomic mass is 16.2. The van der Waals surface area contributed by atoms with E-state index >= 15 is 0 Å². The molecule has 1 amide bonds. The van der Waals surface area contributed by atoms with Gasteiger partial charge in [-0.05, 0) is 19.3 Å². The van der Waals surface area contributed by atoms with E-state index in [2.05, 4.69) is 19.9 Å². The summed E-state index contributed by atoms with van der Waals surface area (Å²) in [4.78, 5) is 29.9. The zero-order chi connectivity index (χ0) is 19.3. The van der Waals surface area contributed by atoms with Crippen LogP contribution in [0.5, 0.6) is 0 Å². The molecule has 28 heavy (non-hydrogen) atoms. The van der Waals surface area contributed by atoms with Gasteiger partial charge in [0.15, 0.2) is 0 Å². The van der Waals surface area contributed by atoms with Gasteiger partial charge in [0.05, 0.1) is 0 Å². The third-order valence-electron chi connectivity index (χ3n) is 6.16. The topological polar surface area (TPSA) is 67.2 Å². The van der Waals surface area contributed by atoms with Crippen molar-refractivity contribution in [3.8, 4) is 5.82 Å². The molecule has 2 aromatic heterocycles. The first-order valence-corrected chi connectivity index (χ1v) is 10.6. The van der Waals surface area contributed by atoms with E-state index in [0.717, 1.165) is 56.0 Å². The molecule has 2 aromatic rings. The Hall–Kier alpha value is -2.44. The highest BCUT2D eigenvalue weighted by Gasteiger charge is 2.23. The van der Waals surface area contributed by atoms with Gasteiger partial charge in [-0.2, -0.15) is 0 Å². The molecule has 1 aliphatic heterocycles. The van der Waals surface area contributed by atoms with Crippen molar-refractivity contribution in [3.63, 3.8) is 0 Å². The highest BCUT2D eigenvalue weighted by Crippen LogP contribution is 2.27. The van der Waals surface area contributed by atoms with Gasteiger partial charge in [0, 0.05) is 51.1 Å². The van der Waals surface area contributed by atoms with Crippen molar-refractivity contribution in [2.45, 2.75) is 51.9 Å². The average molecular weight is 383 g/mol. The van der Waals surface area contributed by atoms with E-state index < -0.39 is 0 Å². The lowest BCUT2D eigenvalue weighted by Gasteiger charge is -2.35. The summed E-state index contributed by atoms with van der Waals surface area (Å²) in [7, 11) is 0. The van der Waals surface area contributed by atoms with Crippen LogP contribution in [0.1, 0.15) is 50.8 Å². The Balaban J connectivity index is 1.30. The van der Waals surface area contributed by atoms with Crippen LogP contribution < -0.4 is 4.90 Å². The van der Waals surface area contributed by atoms with Crippen molar-refractivity contribution in [1.82, 2.24) is 24.4 Å². The van der Waals surface area contributed by atoms with Gasteiger partial charge in [-0.1, -0.05) is 32.1 Å². The first-order chi connectivity index (χ1) is 13.7. The van der Waals surface area contributed by atoms with Crippen LogP contribution in [0, 0.1) is 12.8 Å². The van der Waals surface area contributed by atoms with Crippen molar-refractivity contribution >= 4 is 11.7 Å². The van der Waals surface area contributed by atoms with Crippen LogP contribution in [-0.2, 0) is 4.79 Å². The quantitative estimate of drug-likeness (QED) is 0.795. The van der Waals surface area contributed by atoms with E-state index in [9.17, 15) is 4.79 Å². The summed E-state index contributed by atoms with van der Waals surface area (Å²) < 4.78 is 1.95. The Morgan fingerprint density at radius 1 is 1.04 bits per heavy atom. The zero-order valence-corrected chi connectivity index (χ0v) is 16.8. The summed E-state index contributed by atoms with van der Waals surface area (Å²) in [5, 5.41) is 0. The minimum absolute atomic E-state index is 0.322. The predicted octanol–water partition coefficient (Wildman–Crippen LogP) is 2.98. The van der Waals surface area contributed by atoms with Gasteiger partial charge in [-0.25, -0.2) is 15.0 Å². The second-order valence-electron chi connectivity index (χ2n) is 7.99. The fourth-order valence-electron chi connectivity index (χ4n) is 4.41. The van der Waals surface area contributed by atoms with E-state index in [-0.39, 0.29) is 0 Å². The molecule has 3 heterocycles. The molecule has 1 aliphatic carbocycles. The molecule has 2 fully saturated rings. The van der Waals surface area contributed by atoms with Crippen LogP contribution in [0.3, 0.4) is 0 Å². The molecule has 2 aliphatic rings. The number of imidazole rings is 1. The second kappa shape index (κ2) is 8.71. The SMILES string of the molecule is Cc1nccn1-c1cc(N2CCN(C(=O)CCC3CCCCC3)CC2)ncn1. The Labute approximate surface area is 166 Å². The Morgan fingerprint density at radius 2 is 1.79 bits per heavy atom. The van der Waals surface area contributed by atoms with E-state index in [1.165, 1.54) is 32.1 Å². The average Bonchev–Trinajstić information content (AvgIpc) is 3.19. The van der Waals surface area contributed by atoms with Gasteiger partial charge in [0.2, 0.25) is 5.91 Å². The Kier molecular flexibility index (Phi) is 5.88. The van der Waals surface area contributed by atoms with Crippen molar-refractivity contribution in [2.24, 2.45) is 5.92 Å². The van der Waals surface area contributed by atoms with Gasteiger partial charge in [-0.3, -0.25) is 9.36 Å². The number of hydrogen-bond acceptors (Lipinski definition) is 5. The van der Waals surface area contributed by atoms with Gasteiger partial charge < -0.3 is 9.80 Å². The fourth-order valence-corrected chi connectivity index (χ4v) is 4.41. The molecule has 1 saturated heterocycles. The minimum atomic E-state index is 0.322. The maximum Gasteiger partial charge on any atom is 0.222 e. The molecular formula is C21H30N6O. The molecule has 7 heteroatoms. The van der Waals surface area contributed by atoms with Gasteiger partial charge in [0.1, 0.15) is 23.8 Å². The molecule has 0 spiro atoms. The monoisotopic (exact) mass is 382 g/mol. The summed E-state index contributed by atoms with van der Waals surface area (Å²) in [6.45, 7) is 5.13. The van der Waals surface area contributed by atoms with Crippen LogP contribution in [0.2, 0.25) is 0 Å². The van der Waals surface area contributed by atoms with Crippen LogP contribution in [-0.4, -0.2) is 56.5 Å². The number of hydrogen-bond donors (Lipinski definition) is 0. The third kappa shape index (κ3) is 4.34. The first-order valence-electron chi connectivity index (χ1n) is 10.6. The van der Waals surface area contributed by atoms with Gasteiger partial charge in [-0.15, -0.1) is 0 Å². The molecule has 0 N–H and O–H groups in total. The lowest BCUT2D eigenvalue weighted by Crippen LogP contribution is -2.49. The maximum atomic E-state index is 12.6. The number of rotatable bonds is 5. The standard InChI is InChI=1S/C21H30N6O/c1-17-22-9-10-27(17)20-15-19(23-16-24-20)25-11-13-26(14-12-25)21(28)8-7-18-5-3-2-4-6-18/h9-10,15-16,18H,2-8,11-14H2,1H3. The highest BCUT2D eigenvalue weighted by molar-refractivity contribution is 5.76. The van der Waals surface area contributed by atoms with Crippen LogP contribution in [0.15, 0.2) is 24.8 Å². The normalized spacial score (nSPS) is 18.5. The van der Waals surface area contributed by atoms with Crippen LogP contribution in [0.4, 0.5) is 5.82 Å². The molecular weight excluding hydrogens is 352 g/mol. The number of amides is 1.